The Bertz CT molecular complexity index is 2520. The van der Waals surface area contributed by atoms with Crippen molar-refractivity contribution in [3.05, 3.63) is 262 Å². The minimum absolute atomic E-state index is 0.0885. The van der Waals surface area contributed by atoms with Crippen LogP contribution < -0.4 is 0 Å². The van der Waals surface area contributed by atoms with Gasteiger partial charge in [0.05, 0.1) is 0 Å². The van der Waals surface area contributed by atoms with Gasteiger partial charge in [-0.15, -0.1) is 0 Å². The fourth-order valence-electron chi connectivity index (χ4n) is 5.32. The number of halogens is 8. The monoisotopic (exact) mass is 1030 g/mol. The summed E-state index contributed by atoms with van der Waals surface area (Å²) in [6.45, 7) is 29.4. The third kappa shape index (κ3) is 26.2. The lowest BCUT2D eigenvalue weighted by molar-refractivity contribution is 0.566. The third-order valence-corrected chi connectivity index (χ3v) is 10.9. The number of rotatable bonds is 0. The molecule has 0 aliphatic rings. The van der Waals surface area contributed by atoms with E-state index in [-0.39, 0.29) is 28.8 Å². The van der Waals surface area contributed by atoms with Crippen LogP contribution >= 0.6 is 23.2 Å². The number of pyridine rings is 1. The molecule has 8 aromatic rings. The number of hydrogen-bond donors (Lipinski definition) is 0. The Morgan fingerprint density at radius 3 is 0.986 bits per heavy atom. The maximum Gasteiger partial charge on any atom is 0.129 e. The maximum atomic E-state index is 12.8. The van der Waals surface area contributed by atoms with Crippen LogP contribution in [0.2, 0.25) is 10.0 Å². The molecular weight excluding hydrogens is 960 g/mol. The van der Waals surface area contributed by atoms with Gasteiger partial charge in [0.2, 0.25) is 0 Å². The first-order valence-electron chi connectivity index (χ1n) is 23.0. The molecule has 0 atom stereocenters. The molecule has 3 nitrogen and oxygen atoms in total. The Hall–Kier alpha value is -6.29. The third-order valence-electron chi connectivity index (χ3n) is 10.1. The maximum absolute atomic E-state index is 12.8. The zero-order valence-electron chi connectivity index (χ0n) is 44.5. The van der Waals surface area contributed by atoms with E-state index in [0.29, 0.717) is 32.8 Å². The predicted octanol–water partition coefficient (Wildman–Crippen LogP) is 18.8. The lowest BCUT2D eigenvalue weighted by atomic mass is 10.1. The highest BCUT2D eigenvalue weighted by Crippen LogP contribution is 2.20. The molecule has 0 N–H and O–H groups in total. The minimum atomic E-state index is -0.475. The minimum Gasteiger partial charge on any atom is -0.261 e. The van der Waals surface area contributed by atoms with Crippen molar-refractivity contribution in [2.45, 2.75) is 111 Å². The van der Waals surface area contributed by atoms with E-state index in [1.165, 1.54) is 79.4 Å². The summed E-state index contributed by atoms with van der Waals surface area (Å²) in [6.07, 6.45) is 5.49. The molecule has 0 saturated heterocycles. The molecule has 72 heavy (non-hydrogen) atoms. The highest BCUT2D eigenvalue weighted by atomic mass is 35.5. The number of nitrogens with zero attached hydrogens (tertiary/aromatic N) is 3. The summed E-state index contributed by atoms with van der Waals surface area (Å²) in [5.74, 6) is -1.16. The number of benzene rings is 6. The Labute approximate surface area is 435 Å². The first-order valence-corrected chi connectivity index (χ1v) is 23.8. The Morgan fingerprint density at radius 2 is 0.625 bits per heavy atom. The normalized spacial score (nSPS) is 9.67. The Balaban J connectivity index is 0.000000412. The van der Waals surface area contributed by atoms with Crippen LogP contribution in [0.3, 0.4) is 0 Å². The Kier molecular flexibility index (Phi) is 28.9. The zero-order chi connectivity index (χ0) is 54.8. The van der Waals surface area contributed by atoms with E-state index in [9.17, 15) is 26.3 Å². The van der Waals surface area contributed by atoms with Gasteiger partial charge in [-0.1, -0.05) is 88.9 Å². The molecule has 2 aromatic heterocycles. The topological polar surface area (TPSA) is 38.7 Å². The van der Waals surface area contributed by atoms with Crippen LogP contribution in [0.15, 0.2) is 128 Å². The molecule has 11 heteroatoms. The van der Waals surface area contributed by atoms with Crippen molar-refractivity contribution < 1.29 is 26.3 Å². The highest BCUT2D eigenvalue weighted by Gasteiger charge is 2.04. The van der Waals surface area contributed by atoms with Crippen LogP contribution in [0.1, 0.15) is 89.4 Å². The number of aromatic nitrogens is 3. The van der Waals surface area contributed by atoms with Gasteiger partial charge in [-0.3, -0.25) is 4.98 Å². The SMILES string of the molecule is Cc1cc(F)c(C)c(Cl)c1.Cc1cc(F)c(C)c(F)c1.Cc1cc(F)c(C)cc1F.Cc1ccc(C)c(Cl)c1.Cc1ccc(C)c(F)c1.Cc1ccc(C)cc1.Cc1ccc(C)nc1.Cc1cnc(C)nc1. The summed E-state index contributed by atoms with van der Waals surface area (Å²) in [5.41, 5.74) is 12.9. The number of aryl methyl sites for hydroxylation is 14. The van der Waals surface area contributed by atoms with Gasteiger partial charge in [-0.25, -0.2) is 36.3 Å². The van der Waals surface area contributed by atoms with Gasteiger partial charge >= 0.3 is 0 Å². The summed E-state index contributed by atoms with van der Waals surface area (Å²) in [6, 6.07) is 32.1. The van der Waals surface area contributed by atoms with E-state index in [1.54, 1.807) is 32.9 Å². The van der Waals surface area contributed by atoms with E-state index in [1.807, 2.05) is 98.2 Å². The molecule has 0 amide bonds. The molecule has 0 bridgehead atoms. The van der Waals surface area contributed by atoms with E-state index >= 15 is 0 Å². The van der Waals surface area contributed by atoms with Crippen molar-refractivity contribution in [1.29, 1.82) is 0 Å². The second kappa shape index (κ2) is 32.6. The predicted molar refractivity (Wildman–Crippen MR) is 290 cm³/mol. The van der Waals surface area contributed by atoms with Crippen LogP contribution in [0.4, 0.5) is 26.3 Å². The van der Waals surface area contributed by atoms with E-state index in [0.717, 1.165) is 38.8 Å². The zero-order valence-corrected chi connectivity index (χ0v) is 46.0. The van der Waals surface area contributed by atoms with Gasteiger partial charge in [-0.2, -0.15) is 0 Å². The summed E-state index contributed by atoms with van der Waals surface area (Å²) in [7, 11) is 0. The van der Waals surface area contributed by atoms with E-state index < -0.39 is 11.6 Å². The highest BCUT2D eigenvalue weighted by molar-refractivity contribution is 6.31. The molecule has 384 valence electrons. The van der Waals surface area contributed by atoms with Crippen LogP contribution in [0.25, 0.3) is 0 Å². The van der Waals surface area contributed by atoms with Gasteiger partial charge in [0, 0.05) is 45.5 Å². The molecule has 0 aliphatic carbocycles. The van der Waals surface area contributed by atoms with Gasteiger partial charge < -0.3 is 0 Å². The summed E-state index contributed by atoms with van der Waals surface area (Å²) < 4.78 is 75.7. The smallest absolute Gasteiger partial charge is 0.129 e. The molecule has 0 saturated carbocycles. The Morgan fingerprint density at radius 1 is 0.278 bits per heavy atom. The molecule has 8 rings (SSSR count). The van der Waals surface area contributed by atoms with Crippen molar-refractivity contribution >= 4 is 23.2 Å². The molecule has 0 aliphatic heterocycles. The molecule has 0 radical (unpaired) electrons. The van der Waals surface area contributed by atoms with Gasteiger partial charge in [0.1, 0.15) is 40.7 Å². The average Bonchev–Trinajstić information content (AvgIpc) is 3.31. The molecule has 0 fully saturated rings. The number of hydrogen-bond acceptors (Lipinski definition) is 3. The van der Waals surface area contributed by atoms with Crippen molar-refractivity contribution in [2.24, 2.45) is 0 Å². The fourth-order valence-corrected chi connectivity index (χ4v) is 5.82. The quantitative estimate of drug-likeness (QED) is 0.142. The first kappa shape index (κ1) is 63.7. The van der Waals surface area contributed by atoms with Crippen LogP contribution in [-0.2, 0) is 0 Å². The van der Waals surface area contributed by atoms with Crippen LogP contribution in [0.5, 0.6) is 0 Å². The van der Waals surface area contributed by atoms with Crippen LogP contribution in [0, 0.1) is 146 Å². The molecule has 2 heterocycles. The summed E-state index contributed by atoms with van der Waals surface area (Å²) >= 11 is 11.5. The van der Waals surface area contributed by atoms with Crippen LogP contribution in [-0.4, -0.2) is 15.0 Å². The average molecular weight is 1030 g/mol. The fraction of sp³-hybridized carbons (Fsp3) is 0.262. The van der Waals surface area contributed by atoms with Crippen molar-refractivity contribution in [2.75, 3.05) is 0 Å². The molecule has 6 aromatic carbocycles. The van der Waals surface area contributed by atoms with Crippen molar-refractivity contribution in [3.63, 3.8) is 0 Å². The standard InChI is InChI=1S/C8H8ClF.C8H9Cl.2C8H8F2.C8H9F.C8H10.C7H9N.C6H8N2/c1-5-3-7(9)6(2)8(10)4-5;1-6-3-4-7(2)8(9)5-6;1-5-3-8(10)6(2)4-7(5)9;1-5-3-7(9)6(2)8(10)4-5;1-6-3-4-7(2)8(9)5-6;1-7-3-5-8(2)6-4-7;1-6-3-4-7(2)8-5-6;1-5-3-7-6(2)8-4-5/h3-4H,1-2H3;3-5H,1-2H3;2*3-4H,1-2H3;3-5H,1-2H3;3-6H,1-2H3;3-5H,1-2H3;3-4H,1-2H3. The largest absolute Gasteiger partial charge is 0.261 e. The second-order valence-corrected chi connectivity index (χ2v) is 18.3. The lowest BCUT2D eigenvalue weighted by Gasteiger charge is -1.99. The first-order chi connectivity index (χ1) is 33.6. The van der Waals surface area contributed by atoms with Gasteiger partial charge in [0.25, 0.3) is 0 Å². The summed E-state index contributed by atoms with van der Waals surface area (Å²) in [5, 5.41) is 1.35. The van der Waals surface area contributed by atoms with Crippen molar-refractivity contribution in [1.82, 2.24) is 15.0 Å². The molecule has 0 unspecified atom stereocenters. The van der Waals surface area contributed by atoms with E-state index in [2.05, 4.69) is 65.2 Å². The van der Waals surface area contributed by atoms with E-state index in [4.69, 9.17) is 23.2 Å². The molecule has 0 spiro atoms. The van der Waals surface area contributed by atoms with Gasteiger partial charge in [-0.05, 0) is 221 Å². The lowest BCUT2D eigenvalue weighted by Crippen LogP contribution is -1.88. The summed E-state index contributed by atoms with van der Waals surface area (Å²) in [4.78, 5) is 12.0. The molecular formula is C61H69Cl2F6N3. The second-order valence-electron chi connectivity index (χ2n) is 17.5. The van der Waals surface area contributed by atoms with Crippen molar-refractivity contribution in [3.8, 4) is 0 Å². The van der Waals surface area contributed by atoms with Gasteiger partial charge in [0.15, 0.2) is 0 Å².